The van der Waals surface area contributed by atoms with E-state index in [2.05, 4.69) is 16.3 Å². The predicted octanol–water partition coefficient (Wildman–Crippen LogP) is 4.18. The number of hydrogen-bond acceptors (Lipinski definition) is 6. The van der Waals surface area contributed by atoms with Crippen molar-refractivity contribution in [3.63, 3.8) is 0 Å². The number of H-pyrrole nitrogens is 1. The van der Waals surface area contributed by atoms with E-state index in [0.29, 0.717) is 34.6 Å². The number of halogens is 1. The van der Waals surface area contributed by atoms with Gasteiger partial charge in [-0.15, -0.1) is 5.10 Å². The summed E-state index contributed by atoms with van der Waals surface area (Å²) >= 11 is 6.21. The molecular weight excluding hydrogens is 404 g/mol. The first-order chi connectivity index (χ1) is 14.5. The van der Waals surface area contributed by atoms with Crippen molar-refractivity contribution in [1.82, 2.24) is 10.2 Å². The van der Waals surface area contributed by atoms with Crippen LogP contribution >= 0.6 is 11.6 Å². The summed E-state index contributed by atoms with van der Waals surface area (Å²) in [4.78, 5) is 0. The molecule has 0 bridgehead atoms. The lowest BCUT2D eigenvalue weighted by molar-refractivity contribution is 0.284. The zero-order valence-corrected chi connectivity index (χ0v) is 17.2. The van der Waals surface area contributed by atoms with Gasteiger partial charge in [-0.1, -0.05) is 35.9 Å². The zero-order valence-electron chi connectivity index (χ0n) is 16.4. The number of aryl methyl sites for hydroxylation is 1. The minimum absolute atomic E-state index is 0.0412. The van der Waals surface area contributed by atoms with E-state index < -0.39 is 5.92 Å². The Hall–Kier alpha value is -3.63. The van der Waals surface area contributed by atoms with E-state index in [9.17, 15) is 5.26 Å². The molecule has 7 nitrogen and oxygen atoms in total. The van der Waals surface area contributed by atoms with Gasteiger partial charge >= 0.3 is 0 Å². The SMILES string of the molecule is COc1cc([C@H]2C(C#N)=C(N)Oc3n[nH]c(C)c32)ccc1OCc1ccccc1Cl. The lowest BCUT2D eigenvalue weighted by Crippen LogP contribution is -2.21. The molecule has 30 heavy (non-hydrogen) atoms. The molecule has 1 aliphatic heterocycles. The Morgan fingerprint density at radius 1 is 1.27 bits per heavy atom. The molecule has 1 aliphatic rings. The Morgan fingerprint density at radius 2 is 2.07 bits per heavy atom. The molecule has 8 heteroatoms. The highest BCUT2D eigenvalue weighted by Gasteiger charge is 2.34. The minimum atomic E-state index is -0.427. The maximum atomic E-state index is 9.70. The largest absolute Gasteiger partial charge is 0.493 e. The van der Waals surface area contributed by atoms with Gasteiger partial charge in [0, 0.05) is 21.8 Å². The number of hydrogen-bond donors (Lipinski definition) is 2. The maximum absolute atomic E-state index is 9.70. The fourth-order valence-corrected chi connectivity index (χ4v) is 3.68. The van der Waals surface area contributed by atoms with E-state index in [4.69, 9.17) is 31.5 Å². The van der Waals surface area contributed by atoms with Crippen LogP contribution in [0.4, 0.5) is 0 Å². The normalized spacial score (nSPS) is 15.2. The molecule has 0 amide bonds. The van der Waals surface area contributed by atoms with Gasteiger partial charge in [-0.2, -0.15) is 5.26 Å². The van der Waals surface area contributed by atoms with Gasteiger partial charge in [0.2, 0.25) is 11.8 Å². The number of ether oxygens (including phenoxy) is 3. The fraction of sp³-hybridized carbons (Fsp3) is 0.182. The molecule has 0 spiro atoms. The van der Waals surface area contributed by atoms with Crippen molar-refractivity contribution in [1.29, 1.82) is 5.26 Å². The van der Waals surface area contributed by atoms with E-state index in [-0.39, 0.29) is 5.88 Å². The number of nitriles is 1. The van der Waals surface area contributed by atoms with Crippen LogP contribution in [0.5, 0.6) is 17.4 Å². The molecule has 0 saturated heterocycles. The first kappa shape index (κ1) is 19.7. The molecular formula is C22H19ClN4O3. The van der Waals surface area contributed by atoms with Crippen molar-refractivity contribution in [3.8, 4) is 23.4 Å². The van der Waals surface area contributed by atoms with Crippen molar-refractivity contribution in [2.75, 3.05) is 7.11 Å². The molecule has 0 aliphatic carbocycles. The number of fused-ring (bicyclic) bond motifs is 1. The lowest BCUT2D eigenvalue weighted by Gasteiger charge is -2.24. The van der Waals surface area contributed by atoms with Crippen LogP contribution in [0.25, 0.3) is 0 Å². The highest BCUT2D eigenvalue weighted by Crippen LogP contribution is 2.44. The minimum Gasteiger partial charge on any atom is -0.493 e. The van der Waals surface area contributed by atoms with E-state index in [1.54, 1.807) is 13.2 Å². The summed E-state index contributed by atoms with van der Waals surface area (Å²) < 4.78 is 17.0. The molecule has 1 atom stereocenters. The summed E-state index contributed by atoms with van der Waals surface area (Å²) in [5, 5.41) is 17.4. The topological polar surface area (TPSA) is 106 Å². The number of nitrogens with two attached hydrogens (primary N) is 1. The summed E-state index contributed by atoms with van der Waals surface area (Å²) in [7, 11) is 1.56. The van der Waals surface area contributed by atoms with E-state index in [1.165, 1.54) is 0 Å². The molecule has 2 heterocycles. The smallest absolute Gasteiger partial charge is 0.244 e. The molecule has 4 rings (SSSR count). The van der Waals surface area contributed by atoms with Gasteiger partial charge in [-0.25, -0.2) is 0 Å². The molecule has 0 unspecified atom stereocenters. The third-order valence-corrected chi connectivity index (χ3v) is 5.36. The Balaban J connectivity index is 1.70. The van der Waals surface area contributed by atoms with Crippen LogP contribution in [0.15, 0.2) is 53.9 Å². The Labute approximate surface area is 178 Å². The second-order valence-electron chi connectivity index (χ2n) is 6.78. The van der Waals surface area contributed by atoms with Crippen molar-refractivity contribution >= 4 is 11.6 Å². The fourth-order valence-electron chi connectivity index (χ4n) is 3.49. The van der Waals surface area contributed by atoms with Crippen LogP contribution < -0.4 is 19.9 Å². The molecule has 3 N–H and O–H groups in total. The first-order valence-electron chi connectivity index (χ1n) is 9.20. The number of nitrogens with zero attached hydrogens (tertiary/aromatic N) is 2. The Bertz CT molecular complexity index is 1180. The monoisotopic (exact) mass is 422 g/mol. The predicted molar refractivity (Wildman–Crippen MR) is 111 cm³/mol. The van der Waals surface area contributed by atoms with Gasteiger partial charge in [0.25, 0.3) is 0 Å². The highest BCUT2D eigenvalue weighted by atomic mass is 35.5. The van der Waals surface area contributed by atoms with Gasteiger partial charge in [0.05, 0.1) is 13.0 Å². The summed E-state index contributed by atoms with van der Waals surface area (Å²) in [6.45, 7) is 2.17. The molecule has 0 radical (unpaired) electrons. The number of methoxy groups -OCH3 is 1. The van der Waals surface area contributed by atoms with Crippen LogP contribution in [0.2, 0.25) is 5.02 Å². The lowest BCUT2D eigenvalue weighted by atomic mass is 9.84. The van der Waals surface area contributed by atoms with Crippen LogP contribution in [-0.2, 0) is 6.61 Å². The van der Waals surface area contributed by atoms with Crippen molar-refractivity contribution in [3.05, 3.63) is 81.3 Å². The number of benzene rings is 2. The number of rotatable bonds is 5. The van der Waals surface area contributed by atoms with Crippen molar-refractivity contribution < 1.29 is 14.2 Å². The molecule has 1 aromatic heterocycles. The Kier molecular flexibility index (Phi) is 5.25. The van der Waals surface area contributed by atoms with Gasteiger partial charge in [-0.05, 0) is 30.7 Å². The third-order valence-electron chi connectivity index (χ3n) is 4.99. The van der Waals surface area contributed by atoms with Gasteiger partial charge < -0.3 is 19.9 Å². The van der Waals surface area contributed by atoms with Gasteiger partial charge in [-0.3, -0.25) is 5.10 Å². The second kappa shape index (κ2) is 8.01. The average molecular weight is 423 g/mol. The molecule has 2 aromatic carbocycles. The summed E-state index contributed by atoms with van der Waals surface area (Å²) in [5.74, 6) is 1.08. The number of aromatic amines is 1. The van der Waals surface area contributed by atoms with E-state index in [1.807, 2.05) is 43.3 Å². The Morgan fingerprint density at radius 3 is 2.80 bits per heavy atom. The quantitative estimate of drug-likeness (QED) is 0.638. The second-order valence-corrected chi connectivity index (χ2v) is 7.19. The van der Waals surface area contributed by atoms with Crippen LogP contribution in [-0.4, -0.2) is 17.3 Å². The van der Waals surface area contributed by atoms with Gasteiger partial charge in [0.1, 0.15) is 18.2 Å². The van der Waals surface area contributed by atoms with Crippen LogP contribution in [0, 0.1) is 18.3 Å². The molecule has 0 saturated carbocycles. The van der Waals surface area contributed by atoms with Crippen molar-refractivity contribution in [2.24, 2.45) is 5.73 Å². The number of nitrogens with one attached hydrogen (secondary N) is 1. The number of aromatic nitrogens is 2. The maximum Gasteiger partial charge on any atom is 0.244 e. The van der Waals surface area contributed by atoms with E-state index >= 15 is 0 Å². The van der Waals surface area contributed by atoms with Crippen molar-refractivity contribution in [2.45, 2.75) is 19.4 Å². The molecule has 152 valence electrons. The summed E-state index contributed by atoms with van der Waals surface area (Å²) in [5.41, 5.74) is 9.55. The zero-order chi connectivity index (χ0) is 21.3. The van der Waals surface area contributed by atoms with Gasteiger partial charge in [0.15, 0.2) is 11.5 Å². The first-order valence-corrected chi connectivity index (χ1v) is 9.57. The number of allylic oxidation sites excluding steroid dienone is 1. The summed E-state index contributed by atoms with van der Waals surface area (Å²) in [6.07, 6.45) is 0. The average Bonchev–Trinajstić information content (AvgIpc) is 3.12. The molecule has 3 aromatic rings. The van der Waals surface area contributed by atoms with Crippen LogP contribution in [0.1, 0.15) is 28.3 Å². The standard InChI is InChI=1S/C22H19ClN4O3/c1-12-19-20(15(10-24)21(25)30-22(19)27-26-12)13-7-8-17(18(9-13)28-2)29-11-14-5-3-4-6-16(14)23/h3-9,20H,11,25H2,1-2H3,(H,26,27)/t20-/m0/s1. The van der Waals surface area contributed by atoms with Crippen LogP contribution in [0.3, 0.4) is 0 Å². The highest BCUT2D eigenvalue weighted by molar-refractivity contribution is 6.31. The molecule has 0 fully saturated rings. The third kappa shape index (κ3) is 3.42. The van der Waals surface area contributed by atoms with E-state index in [0.717, 1.165) is 22.4 Å². The summed E-state index contributed by atoms with van der Waals surface area (Å²) in [6, 6.07) is 15.2.